The first-order valence-electron chi connectivity index (χ1n) is 6.45. The molecule has 0 saturated heterocycles. The maximum atomic E-state index is 11.5. The molecule has 1 amide bonds. The Morgan fingerprint density at radius 2 is 2.26 bits per heavy atom. The SMILES string of the molecule is CC(CNC(=O)OC(C)(C)C)NCCc1nccs1. The van der Waals surface area contributed by atoms with Crippen molar-refractivity contribution in [3.05, 3.63) is 16.6 Å². The molecule has 1 atom stereocenters. The van der Waals surface area contributed by atoms with Gasteiger partial charge >= 0.3 is 6.09 Å². The molecule has 6 heteroatoms. The summed E-state index contributed by atoms with van der Waals surface area (Å²) in [6, 6.07) is 0.201. The number of ether oxygens (including phenoxy) is 1. The molecule has 0 aliphatic rings. The molecule has 0 aliphatic heterocycles. The third kappa shape index (κ3) is 7.79. The van der Waals surface area contributed by atoms with Crippen LogP contribution in [0.1, 0.15) is 32.7 Å². The molecule has 0 spiro atoms. The first-order chi connectivity index (χ1) is 8.87. The van der Waals surface area contributed by atoms with Gasteiger partial charge < -0.3 is 15.4 Å². The Morgan fingerprint density at radius 1 is 1.53 bits per heavy atom. The minimum absolute atomic E-state index is 0.201. The van der Waals surface area contributed by atoms with E-state index in [9.17, 15) is 4.79 Å². The van der Waals surface area contributed by atoms with E-state index in [1.54, 1.807) is 11.3 Å². The average Bonchev–Trinajstić information content (AvgIpc) is 2.77. The van der Waals surface area contributed by atoms with Gasteiger partial charge in [-0.3, -0.25) is 0 Å². The van der Waals surface area contributed by atoms with Crippen LogP contribution >= 0.6 is 11.3 Å². The first-order valence-corrected chi connectivity index (χ1v) is 7.33. The van der Waals surface area contributed by atoms with E-state index >= 15 is 0 Å². The van der Waals surface area contributed by atoms with Gasteiger partial charge in [0.25, 0.3) is 0 Å². The minimum Gasteiger partial charge on any atom is -0.444 e. The van der Waals surface area contributed by atoms with Gasteiger partial charge in [-0.15, -0.1) is 11.3 Å². The standard InChI is InChI=1S/C13H23N3O2S/c1-10(9-16-12(17)18-13(2,3)4)14-6-5-11-15-7-8-19-11/h7-8,10,14H,5-6,9H2,1-4H3,(H,16,17). The van der Waals surface area contributed by atoms with Crippen LogP contribution < -0.4 is 10.6 Å². The zero-order valence-corrected chi connectivity index (χ0v) is 12.8. The number of hydrogen-bond acceptors (Lipinski definition) is 5. The van der Waals surface area contributed by atoms with Crippen LogP contribution in [-0.2, 0) is 11.2 Å². The summed E-state index contributed by atoms with van der Waals surface area (Å²) in [4.78, 5) is 15.7. The summed E-state index contributed by atoms with van der Waals surface area (Å²) >= 11 is 1.66. The van der Waals surface area contributed by atoms with Crippen molar-refractivity contribution in [2.75, 3.05) is 13.1 Å². The molecule has 5 nitrogen and oxygen atoms in total. The van der Waals surface area contributed by atoms with Crippen molar-refractivity contribution in [3.63, 3.8) is 0 Å². The van der Waals surface area contributed by atoms with Crippen LogP contribution in [0, 0.1) is 0 Å². The Kier molecular flexibility index (Phi) is 6.24. The van der Waals surface area contributed by atoms with E-state index in [-0.39, 0.29) is 12.1 Å². The number of alkyl carbamates (subject to hydrolysis) is 1. The van der Waals surface area contributed by atoms with E-state index < -0.39 is 5.60 Å². The fourth-order valence-electron chi connectivity index (χ4n) is 1.42. The van der Waals surface area contributed by atoms with Gasteiger partial charge in [0.1, 0.15) is 5.60 Å². The molecule has 0 saturated carbocycles. The minimum atomic E-state index is -0.453. The first kappa shape index (κ1) is 15.9. The molecule has 1 aromatic heterocycles. The average molecular weight is 285 g/mol. The van der Waals surface area contributed by atoms with Gasteiger partial charge in [-0.05, 0) is 27.7 Å². The number of rotatable bonds is 6. The number of nitrogens with zero attached hydrogens (tertiary/aromatic N) is 1. The molecule has 1 heterocycles. The number of thiazole rings is 1. The smallest absolute Gasteiger partial charge is 0.407 e. The molecule has 0 bridgehead atoms. The van der Waals surface area contributed by atoms with Crippen LogP contribution in [0.5, 0.6) is 0 Å². The van der Waals surface area contributed by atoms with E-state index in [0.717, 1.165) is 18.0 Å². The van der Waals surface area contributed by atoms with Gasteiger partial charge in [-0.1, -0.05) is 0 Å². The highest BCUT2D eigenvalue weighted by molar-refractivity contribution is 7.09. The highest BCUT2D eigenvalue weighted by atomic mass is 32.1. The molecule has 19 heavy (non-hydrogen) atoms. The van der Waals surface area contributed by atoms with Crippen LogP contribution in [0.25, 0.3) is 0 Å². The Hall–Kier alpha value is -1.14. The lowest BCUT2D eigenvalue weighted by Gasteiger charge is -2.21. The van der Waals surface area contributed by atoms with E-state index in [1.807, 2.05) is 39.3 Å². The van der Waals surface area contributed by atoms with Crippen molar-refractivity contribution < 1.29 is 9.53 Å². The zero-order chi connectivity index (χ0) is 14.3. The lowest BCUT2D eigenvalue weighted by atomic mass is 10.2. The van der Waals surface area contributed by atoms with Gasteiger partial charge in [0.05, 0.1) is 5.01 Å². The summed E-state index contributed by atoms with van der Waals surface area (Å²) in [5.41, 5.74) is -0.453. The van der Waals surface area contributed by atoms with E-state index in [0.29, 0.717) is 6.54 Å². The summed E-state index contributed by atoms with van der Waals surface area (Å²) < 4.78 is 5.17. The summed E-state index contributed by atoms with van der Waals surface area (Å²) in [5, 5.41) is 9.18. The van der Waals surface area contributed by atoms with Gasteiger partial charge in [-0.2, -0.15) is 0 Å². The molecule has 2 N–H and O–H groups in total. The summed E-state index contributed by atoms with van der Waals surface area (Å²) in [6.07, 6.45) is 2.35. The number of carbonyl (C=O) groups excluding carboxylic acids is 1. The van der Waals surface area contributed by atoms with Crippen molar-refractivity contribution in [2.24, 2.45) is 0 Å². The van der Waals surface area contributed by atoms with Crippen LogP contribution in [0.2, 0.25) is 0 Å². The fraction of sp³-hybridized carbons (Fsp3) is 0.692. The van der Waals surface area contributed by atoms with Crippen LogP contribution in [-0.4, -0.2) is 35.8 Å². The predicted octanol–water partition coefficient (Wildman–Crippen LogP) is 2.19. The van der Waals surface area contributed by atoms with E-state index in [4.69, 9.17) is 4.74 Å². The summed E-state index contributed by atoms with van der Waals surface area (Å²) in [5.74, 6) is 0. The molecule has 0 aromatic carbocycles. The number of carbonyl (C=O) groups is 1. The second kappa shape index (κ2) is 7.45. The topological polar surface area (TPSA) is 63.2 Å². The highest BCUT2D eigenvalue weighted by Gasteiger charge is 2.16. The number of amides is 1. The second-order valence-corrected chi connectivity index (χ2v) is 6.39. The maximum absolute atomic E-state index is 11.5. The van der Waals surface area contributed by atoms with Crippen molar-refractivity contribution in [1.82, 2.24) is 15.6 Å². The highest BCUT2D eigenvalue weighted by Crippen LogP contribution is 2.06. The fourth-order valence-corrected chi connectivity index (χ4v) is 2.05. The Balaban J connectivity index is 2.10. The molecule has 0 radical (unpaired) electrons. The molecule has 1 rings (SSSR count). The summed E-state index contributed by atoms with van der Waals surface area (Å²) in [7, 11) is 0. The lowest BCUT2D eigenvalue weighted by molar-refractivity contribution is 0.0523. The van der Waals surface area contributed by atoms with Crippen LogP contribution in [0.4, 0.5) is 4.79 Å². The molecular formula is C13H23N3O2S. The molecule has 1 unspecified atom stereocenters. The molecule has 0 aliphatic carbocycles. The second-order valence-electron chi connectivity index (χ2n) is 5.41. The summed E-state index contributed by atoms with van der Waals surface area (Å²) in [6.45, 7) is 8.98. The van der Waals surface area contributed by atoms with Gasteiger partial charge in [0.15, 0.2) is 0 Å². The van der Waals surface area contributed by atoms with Gasteiger partial charge in [0.2, 0.25) is 0 Å². The van der Waals surface area contributed by atoms with Gasteiger partial charge in [0, 0.05) is 37.1 Å². The van der Waals surface area contributed by atoms with Crippen LogP contribution in [0.3, 0.4) is 0 Å². The third-order valence-electron chi connectivity index (χ3n) is 2.27. The maximum Gasteiger partial charge on any atom is 0.407 e. The van der Waals surface area contributed by atoms with Gasteiger partial charge in [-0.25, -0.2) is 9.78 Å². The Labute approximate surface area is 118 Å². The Bertz CT molecular complexity index is 374. The van der Waals surface area contributed by atoms with Crippen molar-refractivity contribution >= 4 is 17.4 Å². The van der Waals surface area contributed by atoms with Crippen molar-refractivity contribution in [2.45, 2.75) is 45.8 Å². The monoisotopic (exact) mass is 285 g/mol. The lowest BCUT2D eigenvalue weighted by Crippen LogP contribution is -2.41. The zero-order valence-electron chi connectivity index (χ0n) is 12.0. The van der Waals surface area contributed by atoms with E-state index in [1.165, 1.54) is 0 Å². The van der Waals surface area contributed by atoms with Crippen molar-refractivity contribution in [3.8, 4) is 0 Å². The number of aromatic nitrogens is 1. The number of nitrogens with one attached hydrogen (secondary N) is 2. The normalized spacial score (nSPS) is 13.1. The largest absolute Gasteiger partial charge is 0.444 e. The molecule has 108 valence electrons. The predicted molar refractivity (Wildman–Crippen MR) is 77.5 cm³/mol. The Morgan fingerprint density at radius 3 is 2.84 bits per heavy atom. The number of hydrogen-bond donors (Lipinski definition) is 2. The van der Waals surface area contributed by atoms with Crippen LogP contribution in [0.15, 0.2) is 11.6 Å². The molecule has 0 fully saturated rings. The molecule has 1 aromatic rings. The molecular weight excluding hydrogens is 262 g/mol. The van der Waals surface area contributed by atoms with E-state index in [2.05, 4.69) is 15.6 Å². The third-order valence-corrected chi connectivity index (χ3v) is 3.11. The van der Waals surface area contributed by atoms with Crippen molar-refractivity contribution in [1.29, 1.82) is 0 Å². The quantitative estimate of drug-likeness (QED) is 0.841.